The van der Waals surface area contributed by atoms with Gasteiger partial charge in [-0.2, -0.15) is 0 Å². The summed E-state index contributed by atoms with van der Waals surface area (Å²) in [5.74, 6) is 0.528. The highest BCUT2D eigenvalue weighted by Gasteiger charge is 2.27. The SMILES string of the molecule is CN1CCN(CCN=C(N)Nc2cc(C(C)(C)c3ccc(-c4ccccc4F)cc3)no2)CC1. The molecule has 180 valence electrons. The van der Waals surface area contributed by atoms with E-state index in [9.17, 15) is 4.39 Å². The van der Waals surface area contributed by atoms with Crippen LogP contribution in [-0.2, 0) is 5.41 Å². The molecular formula is C26H33FN6O. The van der Waals surface area contributed by atoms with Gasteiger partial charge in [-0.05, 0) is 24.2 Å². The summed E-state index contributed by atoms with van der Waals surface area (Å²) in [6.45, 7) is 9.93. The second kappa shape index (κ2) is 10.4. The van der Waals surface area contributed by atoms with Crippen molar-refractivity contribution in [2.45, 2.75) is 19.3 Å². The molecule has 0 saturated carbocycles. The van der Waals surface area contributed by atoms with E-state index in [1.165, 1.54) is 6.07 Å². The van der Waals surface area contributed by atoms with Gasteiger partial charge in [-0.15, -0.1) is 0 Å². The van der Waals surface area contributed by atoms with Gasteiger partial charge in [0, 0.05) is 49.8 Å². The van der Waals surface area contributed by atoms with Crippen LogP contribution in [0.15, 0.2) is 64.1 Å². The minimum Gasteiger partial charge on any atom is -0.370 e. The lowest BCUT2D eigenvalue weighted by Gasteiger charge is -2.31. The minimum atomic E-state index is -0.412. The van der Waals surface area contributed by atoms with Crippen molar-refractivity contribution in [3.8, 4) is 11.1 Å². The molecule has 1 aliphatic heterocycles. The van der Waals surface area contributed by atoms with Crippen LogP contribution in [0, 0.1) is 5.82 Å². The van der Waals surface area contributed by atoms with Gasteiger partial charge in [-0.3, -0.25) is 15.2 Å². The summed E-state index contributed by atoms with van der Waals surface area (Å²) in [5, 5.41) is 7.25. The number of nitrogens with two attached hydrogens (primary N) is 1. The molecule has 1 aromatic heterocycles. The number of nitrogens with zero attached hydrogens (tertiary/aromatic N) is 4. The first-order chi connectivity index (χ1) is 16.3. The molecule has 0 atom stereocenters. The molecule has 3 N–H and O–H groups in total. The number of halogens is 1. The van der Waals surface area contributed by atoms with Crippen molar-refractivity contribution in [2.75, 3.05) is 51.6 Å². The highest BCUT2D eigenvalue weighted by molar-refractivity contribution is 5.91. The molecule has 2 heterocycles. The fourth-order valence-electron chi connectivity index (χ4n) is 4.09. The summed E-state index contributed by atoms with van der Waals surface area (Å²) in [5.41, 5.74) is 8.86. The van der Waals surface area contributed by atoms with Gasteiger partial charge in [-0.25, -0.2) is 4.39 Å². The number of hydrogen-bond acceptors (Lipinski definition) is 5. The van der Waals surface area contributed by atoms with Crippen LogP contribution in [0.4, 0.5) is 10.3 Å². The molecule has 1 aliphatic rings. The molecule has 4 rings (SSSR count). The van der Waals surface area contributed by atoms with Crippen LogP contribution < -0.4 is 11.1 Å². The Kier molecular flexibility index (Phi) is 7.29. The zero-order valence-corrected chi connectivity index (χ0v) is 20.1. The van der Waals surface area contributed by atoms with Crippen LogP contribution in [0.2, 0.25) is 0 Å². The first kappa shape index (κ1) is 23.9. The number of piperazine rings is 1. The number of nitrogens with one attached hydrogen (secondary N) is 1. The molecule has 0 bridgehead atoms. The Morgan fingerprint density at radius 3 is 2.53 bits per heavy atom. The van der Waals surface area contributed by atoms with Crippen LogP contribution in [0.25, 0.3) is 11.1 Å². The third-order valence-electron chi connectivity index (χ3n) is 6.49. The maximum absolute atomic E-state index is 14.1. The van der Waals surface area contributed by atoms with E-state index in [0.717, 1.165) is 49.5 Å². The normalized spacial score (nSPS) is 16.1. The maximum Gasteiger partial charge on any atom is 0.231 e. The number of hydrogen-bond donors (Lipinski definition) is 2. The van der Waals surface area contributed by atoms with Crippen LogP contribution in [-0.4, -0.2) is 67.2 Å². The van der Waals surface area contributed by atoms with Gasteiger partial charge < -0.3 is 15.2 Å². The quantitative estimate of drug-likeness (QED) is 0.409. The molecule has 8 heteroatoms. The monoisotopic (exact) mass is 464 g/mol. The van der Waals surface area contributed by atoms with Gasteiger partial charge in [0.1, 0.15) is 5.82 Å². The Balaban J connectivity index is 1.37. The molecule has 34 heavy (non-hydrogen) atoms. The van der Waals surface area contributed by atoms with Crippen LogP contribution in [0.5, 0.6) is 0 Å². The molecule has 1 saturated heterocycles. The highest BCUT2D eigenvalue weighted by atomic mass is 19.1. The third-order valence-corrected chi connectivity index (χ3v) is 6.49. The summed E-state index contributed by atoms with van der Waals surface area (Å²) in [4.78, 5) is 9.14. The Morgan fingerprint density at radius 2 is 1.82 bits per heavy atom. The number of rotatable bonds is 7. The average Bonchev–Trinajstić information content (AvgIpc) is 3.30. The van der Waals surface area contributed by atoms with Crippen molar-refractivity contribution in [1.82, 2.24) is 15.0 Å². The number of anilines is 1. The van der Waals surface area contributed by atoms with Crippen molar-refractivity contribution in [1.29, 1.82) is 0 Å². The maximum atomic E-state index is 14.1. The van der Waals surface area contributed by atoms with Crippen molar-refractivity contribution in [3.05, 3.63) is 71.7 Å². The number of guanidine groups is 1. The van der Waals surface area contributed by atoms with Crippen molar-refractivity contribution < 1.29 is 8.91 Å². The van der Waals surface area contributed by atoms with E-state index >= 15 is 0 Å². The fourth-order valence-corrected chi connectivity index (χ4v) is 4.09. The Labute approximate surface area is 200 Å². The van der Waals surface area contributed by atoms with Crippen LogP contribution in [0.1, 0.15) is 25.1 Å². The molecule has 0 amide bonds. The van der Waals surface area contributed by atoms with E-state index in [-0.39, 0.29) is 5.82 Å². The summed E-state index contributed by atoms with van der Waals surface area (Å²) in [6.07, 6.45) is 0. The van der Waals surface area contributed by atoms with Crippen LogP contribution in [0.3, 0.4) is 0 Å². The number of aliphatic imine (C=N–C) groups is 1. The van der Waals surface area contributed by atoms with Crippen molar-refractivity contribution in [2.24, 2.45) is 10.7 Å². The lowest BCUT2D eigenvalue weighted by atomic mass is 9.81. The van der Waals surface area contributed by atoms with Crippen molar-refractivity contribution in [3.63, 3.8) is 0 Å². The highest BCUT2D eigenvalue weighted by Crippen LogP contribution is 2.33. The molecule has 0 radical (unpaired) electrons. The van der Waals surface area contributed by atoms with Gasteiger partial charge in [0.05, 0.1) is 12.2 Å². The lowest BCUT2D eigenvalue weighted by Crippen LogP contribution is -2.45. The summed E-state index contributed by atoms with van der Waals surface area (Å²) < 4.78 is 19.6. The minimum absolute atomic E-state index is 0.232. The second-order valence-electron chi connectivity index (χ2n) is 9.30. The molecule has 0 aliphatic carbocycles. The van der Waals surface area contributed by atoms with Gasteiger partial charge in [0.15, 0.2) is 5.96 Å². The third kappa shape index (κ3) is 5.63. The van der Waals surface area contributed by atoms with E-state index in [0.29, 0.717) is 24.0 Å². The molecule has 3 aromatic rings. The van der Waals surface area contributed by atoms with Gasteiger partial charge >= 0.3 is 0 Å². The van der Waals surface area contributed by atoms with E-state index in [1.807, 2.05) is 36.4 Å². The Hall–Kier alpha value is -3.23. The smallest absolute Gasteiger partial charge is 0.231 e. The zero-order valence-electron chi connectivity index (χ0n) is 20.1. The predicted octanol–water partition coefficient (Wildman–Crippen LogP) is 3.78. The second-order valence-corrected chi connectivity index (χ2v) is 9.30. The van der Waals surface area contributed by atoms with Gasteiger partial charge in [-0.1, -0.05) is 61.5 Å². The molecular weight excluding hydrogens is 431 g/mol. The zero-order chi connectivity index (χ0) is 24.1. The fraction of sp³-hybridized carbons (Fsp3) is 0.385. The molecule has 0 spiro atoms. The summed E-state index contributed by atoms with van der Waals surface area (Å²) in [7, 11) is 2.14. The summed E-state index contributed by atoms with van der Waals surface area (Å²) >= 11 is 0. The number of likely N-dealkylation sites (N-methyl/N-ethyl adjacent to an activating group) is 1. The molecule has 1 fully saturated rings. The molecule has 0 unspecified atom stereocenters. The number of aromatic nitrogens is 1. The Morgan fingerprint density at radius 1 is 1.12 bits per heavy atom. The largest absolute Gasteiger partial charge is 0.370 e. The molecule has 2 aromatic carbocycles. The van der Waals surface area contributed by atoms with E-state index in [4.69, 9.17) is 10.3 Å². The Bertz CT molecular complexity index is 1120. The van der Waals surface area contributed by atoms with E-state index < -0.39 is 5.41 Å². The topological polar surface area (TPSA) is 82.9 Å². The lowest BCUT2D eigenvalue weighted by molar-refractivity contribution is 0.157. The first-order valence-electron chi connectivity index (χ1n) is 11.6. The molecule has 7 nitrogen and oxygen atoms in total. The first-order valence-corrected chi connectivity index (χ1v) is 11.6. The standard InChI is InChI=1S/C26H33FN6O/c1-26(2,20-10-8-19(9-11-20)21-6-4-5-7-22(21)27)23-18-24(34-31-23)30-25(28)29-12-13-33-16-14-32(3)15-17-33/h4-11,18H,12-17H2,1-3H3,(H3,28,29,30). The van der Waals surface area contributed by atoms with Gasteiger partial charge in [0.25, 0.3) is 0 Å². The average molecular weight is 465 g/mol. The van der Waals surface area contributed by atoms with E-state index in [1.54, 1.807) is 12.1 Å². The number of benzene rings is 2. The summed E-state index contributed by atoms with van der Waals surface area (Å²) in [6, 6.07) is 16.5. The van der Waals surface area contributed by atoms with Gasteiger partial charge in [0.2, 0.25) is 5.88 Å². The predicted molar refractivity (Wildman–Crippen MR) is 135 cm³/mol. The van der Waals surface area contributed by atoms with Crippen LogP contribution >= 0.6 is 0 Å². The van der Waals surface area contributed by atoms with Crippen molar-refractivity contribution >= 4 is 11.8 Å². The van der Waals surface area contributed by atoms with E-state index in [2.05, 4.69) is 46.2 Å².